The molecule has 1 aliphatic rings. The van der Waals surface area contributed by atoms with Crippen LogP contribution >= 0.6 is 0 Å². The Kier molecular flexibility index (Phi) is 4.31. The maximum absolute atomic E-state index is 12.6. The summed E-state index contributed by atoms with van der Waals surface area (Å²) < 4.78 is 37.8. The van der Waals surface area contributed by atoms with Crippen LogP contribution in [0.15, 0.2) is 48.5 Å². The molecule has 1 aliphatic heterocycles. The van der Waals surface area contributed by atoms with Gasteiger partial charge in [-0.05, 0) is 28.8 Å². The van der Waals surface area contributed by atoms with Gasteiger partial charge in [-0.3, -0.25) is 5.32 Å². The van der Waals surface area contributed by atoms with E-state index in [1.807, 2.05) is 24.3 Å². The highest BCUT2D eigenvalue weighted by atomic mass is 19.4. The average Bonchev–Trinajstić information content (AvgIpc) is 2.55. The van der Waals surface area contributed by atoms with Gasteiger partial charge in [0.05, 0.1) is 18.2 Å². The summed E-state index contributed by atoms with van der Waals surface area (Å²) in [6.07, 6.45) is -4.34. The van der Waals surface area contributed by atoms with Gasteiger partial charge in [-0.15, -0.1) is 0 Å². The van der Waals surface area contributed by atoms with Crippen LogP contribution in [0.25, 0.3) is 11.1 Å². The summed E-state index contributed by atoms with van der Waals surface area (Å²) in [6.45, 7) is -0.0521. The molecule has 1 heterocycles. The number of nitriles is 1. The van der Waals surface area contributed by atoms with Crippen molar-refractivity contribution in [2.75, 3.05) is 6.61 Å². The zero-order chi connectivity index (χ0) is 17.3. The summed E-state index contributed by atoms with van der Waals surface area (Å²) in [5, 5.41) is 21.3. The van der Waals surface area contributed by atoms with Gasteiger partial charge in [0.1, 0.15) is 6.04 Å². The van der Waals surface area contributed by atoms with Gasteiger partial charge in [-0.25, -0.2) is 0 Å². The second kappa shape index (κ2) is 6.27. The van der Waals surface area contributed by atoms with Crippen LogP contribution in [0.5, 0.6) is 0 Å². The molecule has 0 aliphatic carbocycles. The number of rotatable bonds is 3. The van der Waals surface area contributed by atoms with Gasteiger partial charge in [0.2, 0.25) is 0 Å². The summed E-state index contributed by atoms with van der Waals surface area (Å²) in [4.78, 5) is 0. The lowest BCUT2D eigenvalue weighted by atomic mass is 9.78. The lowest BCUT2D eigenvalue weighted by Crippen LogP contribution is -2.60. The van der Waals surface area contributed by atoms with Crippen molar-refractivity contribution < 1.29 is 18.3 Å². The first-order valence-electron chi connectivity index (χ1n) is 7.48. The Morgan fingerprint density at radius 1 is 1.00 bits per heavy atom. The van der Waals surface area contributed by atoms with E-state index in [-0.39, 0.29) is 24.6 Å². The van der Waals surface area contributed by atoms with Crippen LogP contribution in [-0.4, -0.2) is 23.8 Å². The Balaban J connectivity index is 1.81. The molecule has 0 amide bonds. The van der Waals surface area contributed by atoms with Gasteiger partial charge >= 0.3 is 6.18 Å². The summed E-state index contributed by atoms with van der Waals surface area (Å²) in [5.74, 6) is -0.0818. The third-order valence-electron chi connectivity index (χ3n) is 4.36. The van der Waals surface area contributed by atoms with E-state index in [1.165, 1.54) is 12.1 Å². The quantitative estimate of drug-likeness (QED) is 0.907. The molecule has 0 aromatic heterocycles. The Morgan fingerprint density at radius 2 is 1.54 bits per heavy atom. The fraction of sp³-hybridized carbons (Fsp3) is 0.278. The van der Waals surface area contributed by atoms with Crippen LogP contribution in [0, 0.1) is 11.3 Å². The van der Waals surface area contributed by atoms with Gasteiger partial charge in [0.25, 0.3) is 0 Å². The minimum atomic E-state index is -4.34. The van der Waals surface area contributed by atoms with Crippen LogP contribution in [0.4, 0.5) is 13.2 Å². The zero-order valence-corrected chi connectivity index (χ0v) is 12.6. The first-order chi connectivity index (χ1) is 11.4. The van der Waals surface area contributed by atoms with Crippen molar-refractivity contribution in [3.8, 4) is 17.2 Å². The summed E-state index contributed by atoms with van der Waals surface area (Å²) in [6, 6.07) is 14.0. The number of hydrogen-bond donors (Lipinski definition) is 2. The van der Waals surface area contributed by atoms with Crippen molar-refractivity contribution in [3.05, 3.63) is 59.7 Å². The number of alkyl halides is 3. The molecule has 24 heavy (non-hydrogen) atoms. The molecule has 0 saturated carbocycles. The third kappa shape index (κ3) is 3.01. The van der Waals surface area contributed by atoms with Gasteiger partial charge in [-0.1, -0.05) is 36.4 Å². The molecule has 0 spiro atoms. The largest absolute Gasteiger partial charge is 0.416 e. The van der Waals surface area contributed by atoms with E-state index >= 15 is 0 Å². The van der Waals surface area contributed by atoms with Crippen LogP contribution < -0.4 is 5.32 Å². The first kappa shape index (κ1) is 16.5. The highest BCUT2D eigenvalue weighted by Gasteiger charge is 2.41. The van der Waals surface area contributed by atoms with Crippen molar-refractivity contribution in [1.82, 2.24) is 5.32 Å². The van der Waals surface area contributed by atoms with Crippen molar-refractivity contribution in [1.29, 1.82) is 5.26 Å². The second-order valence-electron chi connectivity index (χ2n) is 5.79. The topological polar surface area (TPSA) is 56.0 Å². The SMILES string of the molecule is N#CC1NC(CO)C1c1ccc(-c2ccc(C(F)(F)F)cc2)cc1. The van der Waals surface area contributed by atoms with Crippen LogP contribution in [0.2, 0.25) is 0 Å². The Morgan fingerprint density at radius 3 is 2.00 bits per heavy atom. The normalized spacial score (nSPS) is 23.4. The molecule has 1 fully saturated rings. The molecule has 6 heteroatoms. The smallest absolute Gasteiger partial charge is 0.395 e. The lowest BCUT2D eigenvalue weighted by Gasteiger charge is -2.41. The van der Waals surface area contributed by atoms with Gasteiger partial charge in [0.15, 0.2) is 0 Å². The highest BCUT2D eigenvalue weighted by molar-refractivity contribution is 5.64. The minimum absolute atomic E-state index is 0.0521. The molecule has 3 atom stereocenters. The fourth-order valence-electron chi connectivity index (χ4n) is 3.01. The molecule has 2 aromatic rings. The molecule has 1 saturated heterocycles. The van der Waals surface area contributed by atoms with Crippen molar-refractivity contribution in [2.45, 2.75) is 24.2 Å². The molecule has 2 N–H and O–H groups in total. The van der Waals surface area contributed by atoms with Crippen molar-refractivity contribution in [3.63, 3.8) is 0 Å². The minimum Gasteiger partial charge on any atom is -0.395 e. The van der Waals surface area contributed by atoms with E-state index < -0.39 is 11.7 Å². The van der Waals surface area contributed by atoms with Gasteiger partial charge < -0.3 is 5.11 Å². The average molecular weight is 332 g/mol. The number of aliphatic hydroxyl groups is 1. The van der Waals surface area contributed by atoms with E-state index in [0.29, 0.717) is 5.56 Å². The highest BCUT2D eigenvalue weighted by Crippen LogP contribution is 2.34. The number of halogens is 3. The maximum Gasteiger partial charge on any atom is 0.416 e. The number of nitrogens with zero attached hydrogens (tertiary/aromatic N) is 1. The number of aliphatic hydroxyl groups excluding tert-OH is 1. The fourth-order valence-corrected chi connectivity index (χ4v) is 3.01. The van der Waals surface area contributed by atoms with Crippen LogP contribution in [-0.2, 0) is 6.18 Å². The standard InChI is InChI=1S/C18H15F3N2O/c19-18(20,21)14-7-5-12(6-8-14)11-1-3-13(4-2-11)17-15(9-22)23-16(17)10-24/h1-8,15-17,23-24H,10H2. The molecule has 124 valence electrons. The molecule has 3 rings (SSSR count). The first-order valence-corrected chi connectivity index (χ1v) is 7.48. The molecule has 3 nitrogen and oxygen atoms in total. The molecule has 0 radical (unpaired) electrons. The van der Waals surface area contributed by atoms with Crippen molar-refractivity contribution in [2.24, 2.45) is 0 Å². The van der Waals surface area contributed by atoms with E-state index in [9.17, 15) is 18.3 Å². The van der Waals surface area contributed by atoms with E-state index in [4.69, 9.17) is 5.26 Å². The summed E-state index contributed by atoms with van der Waals surface area (Å²) in [7, 11) is 0. The Bertz CT molecular complexity index is 748. The molecular weight excluding hydrogens is 317 g/mol. The monoisotopic (exact) mass is 332 g/mol. The predicted molar refractivity (Wildman–Crippen MR) is 83.0 cm³/mol. The van der Waals surface area contributed by atoms with Crippen LogP contribution in [0.3, 0.4) is 0 Å². The Labute approximate surface area is 137 Å². The van der Waals surface area contributed by atoms with Gasteiger partial charge in [-0.2, -0.15) is 18.4 Å². The van der Waals surface area contributed by atoms with E-state index in [0.717, 1.165) is 23.3 Å². The number of hydrogen-bond acceptors (Lipinski definition) is 3. The second-order valence-corrected chi connectivity index (χ2v) is 5.79. The van der Waals surface area contributed by atoms with Gasteiger partial charge in [0, 0.05) is 12.0 Å². The van der Waals surface area contributed by atoms with Crippen molar-refractivity contribution >= 4 is 0 Å². The molecule has 0 bridgehead atoms. The van der Waals surface area contributed by atoms with E-state index in [2.05, 4.69) is 11.4 Å². The zero-order valence-electron chi connectivity index (χ0n) is 12.6. The lowest BCUT2D eigenvalue weighted by molar-refractivity contribution is -0.137. The number of benzene rings is 2. The van der Waals surface area contributed by atoms with Crippen LogP contribution in [0.1, 0.15) is 17.0 Å². The molecule has 2 aromatic carbocycles. The third-order valence-corrected chi connectivity index (χ3v) is 4.36. The molecule has 3 unspecified atom stereocenters. The Hall–Kier alpha value is -2.36. The maximum atomic E-state index is 12.6. The predicted octanol–water partition coefficient (Wildman–Crippen LogP) is 3.31. The summed E-state index contributed by atoms with van der Waals surface area (Å²) >= 11 is 0. The molecular formula is C18H15F3N2O. The summed E-state index contributed by atoms with van der Waals surface area (Å²) in [5.41, 5.74) is 1.74. The van der Waals surface area contributed by atoms with E-state index in [1.54, 1.807) is 0 Å². The number of nitrogens with one attached hydrogen (secondary N) is 1.